The van der Waals surface area contributed by atoms with Crippen LogP contribution in [0.1, 0.15) is 18.5 Å². The summed E-state index contributed by atoms with van der Waals surface area (Å²) >= 11 is 11.6. The van der Waals surface area contributed by atoms with Gasteiger partial charge in [-0.3, -0.25) is 4.79 Å². The van der Waals surface area contributed by atoms with Crippen molar-refractivity contribution < 1.29 is 28.5 Å². The molecule has 1 amide bonds. The highest BCUT2D eigenvalue weighted by molar-refractivity contribution is 7.80. The number of carbonyl (C=O) groups excluding carboxylic acids is 1. The number of anilines is 1. The van der Waals surface area contributed by atoms with E-state index in [4.69, 9.17) is 47.5 Å². The van der Waals surface area contributed by atoms with Crippen LogP contribution in [0, 0.1) is 0 Å². The molecule has 182 valence electrons. The lowest BCUT2D eigenvalue weighted by Crippen LogP contribution is -2.45. The number of thiocarbonyl (C=S) groups is 1. The van der Waals surface area contributed by atoms with E-state index in [1.165, 1.54) is 35.5 Å². The van der Waals surface area contributed by atoms with Gasteiger partial charge in [-0.05, 0) is 36.8 Å². The zero-order chi connectivity index (χ0) is 25.0. The molecule has 3 rings (SSSR count). The van der Waals surface area contributed by atoms with Crippen LogP contribution in [-0.2, 0) is 4.79 Å². The average Bonchev–Trinajstić information content (AvgIpc) is 2.82. The lowest BCUT2D eigenvalue weighted by molar-refractivity contribution is -0.113. The second-order valence-corrected chi connectivity index (χ2v) is 7.99. The van der Waals surface area contributed by atoms with E-state index in [9.17, 15) is 4.79 Å². The highest BCUT2D eigenvalue weighted by atomic mass is 35.5. The van der Waals surface area contributed by atoms with E-state index in [0.29, 0.717) is 61.4 Å². The van der Waals surface area contributed by atoms with Crippen LogP contribution in [0.15, 0.2) is 35.5 Å². The van der Waals surface area contributed by atoms with E-state index < -0.39 is 6.04 Å². The first-order valence-electron chi connectivity index (χ1n) is 10.1. The minimum Gasteiger partial charge on any atom is -0.495 e. The van der Waals surface area contributed by atoms with Crippen LogP contribution in [0.5, 0.6) is 28.7 Å². The standard InChI is InChI=1S/C23H26ClN3O6S/c1-11-19(22(28)26-14-10-15(29-2)13(24)9-16(14)30-3)20(27-23(34)25-11)12-7-17(31-4)21(33-6)18(8-12)32-5/h7-10,20H,1-6H3,(H,26,28)(H2,25,27,34). The highest BCUT2D eigenvalue weighted by Crippen LogP contribution is 2.42. The smallest absolute Gasteiger partial charge is 0.255 e. The number of amides is 1. The van der Waals surface area contributed by atoms with E-state index >= 15 is 0 Å². The number of halogens is 1. The number of nitrogens with one attached hydrogen (secondary N) is 3. The van der Waals surface area contributed by atoms with Gasteiger partial charge in [0.05, 0.1) is 57.9 Å². The lowest BCUT2D eigenvalue weighted by Gasteiger charge is -2.31. The van der Waals surface area contributed by atoms with Gasteiger partial charge in [-0.15, -0.1) is 0 Å². The molecule has 34 heavy (non-hydrogen) atoms. The number of allylic oxidation sites excluding steroid dienone is 1. The van der Waals surface area contributed by atoms with Crippen LogP contribution in [0.3, 0.4) is 0 Å². The minimum absolute atomic E-state index is 0.356. The maximum Gasteiger partial charge on any atom is 0.255 e. The summed E-state index contributed by atoms with van der Waals surface area (Å²) in [5, 5.41) is 9.78. The van der Waals surface area contributed by atoms with Gasteiger partial charge < -0.3 is 39.6 Å². The predicted molar refractivity (Wildman–Crippen MR) is 134 cm³/mol. The average molecular weight is 508 g/mol. The van der Waals surface area contributed by atoms with E-state index in [2.05, 4.69) is 16.0 Å². The molecule has 1 unspecified atom stereocenters. The number of methoxy groups -OCH3 is 5. The third-order valence-electron chi connectivity index (χ3n) is 5.26. The van der Waals surface area contributed by atoms with Crippen molar-refractivity contribution in [1.29, 1.82) is 0 Å². The van der Waals surface area contributed by atoms with Crippen LogP contribution >= 0.6 is 23.8 Å². The quantitative estimate of drug-likeness (QED) is 0.460. The summed E-state index contributed by atoms with van der Waals surface area (Å²) in [7, 11) is 7.54. The van der Waals surface area contributed by atoms with E-state index in [1.54, 1.807) is 31.2 Å². The highest BCUT2D eigenvalue weighted by Gasteiger charge is 2.32. The molecular formula is C23H26ClN3O6S. The Kier molecular flexibility index (Phi) is 7.95. The summed E-state index contributed by atoms with van der Waals surface area (Å²) in [4.78, 5) is 13.5. The Labute approximate surface area is 208 Å². The molecule has 0 fully saturated rings. The Hall–Kier alpha value is -3.37. The van der Waals surface area contributed by atoms with Crippen LogP contribution in [0.25, 0.3) is 0 Å². The van der Waals surface area contributed by atoms with Gasteiger partial charge in [-0.2, -0.15) is 0 Å². The van der Waals surface area contributed by atoms with Gasteiger partial charge >= 0.3 is 0 Å². The lowest BCUT2D eigenvalue weighted by atomic mass is 9.94. The van der Waals surface area contributed by atoms with Crippen molar-refractivity contribution in [3.63, 3.8) is 0 Å². The summed E-state index contributed by atoms with van der Waals surface area (Å²) in [6, 6.07) is 6.08. The molecule has 2 aromatic rings. The molecule has 1 aliphatic rings. The molecule has 0 saturated carbocycles. The van der Waals surface area contributed by atoms with Crippen molar-refractivity contribution in [3.8, 4) is 28.7 Å². The number of hydrogen-bond acceptors (Lipinski definition) is 7. The first-order valence-corrected chi connectivity index (χ1v) is 10.9. The first kappa shape index (κ1) is 25.3. The first-order chi connectivity index (χ1) is 16.3. The number of carbonyl (C=O) groups is 1. The minimum atomic E-state index is -0.609. The molecule has 1 aliphatic heterocycles. The summed E-state index contributed by atoms with van der Waals surface area (Å²) in [6.45, 7) is 1.77. The second kappa shape index (κ2) is 10.7. The fourth-order valence-electron chi connectivity index (χ4n) is 3.66. The van der Waals surface area contributed by atoms with E-state index in [-0.39, 0.29) is 5.91 Å². The van der Waals surface area contributed by atoms with E-state index in [1.807, 2.05) is 0 Å². The maximum atomic E-state index is 13.5. The van der Waals surface area contributed by atoms with Crippen molar-refractivity contribution in [2.24, 2.45) is 0 Å². The van der Waals surface area contributed by atoms with Gasteiger partial charge in [0.1, 0.15) is 11.5 Å². The molecular weight excluding hydrogens is 482 g/mol. The fourth-order valence-corrected chi connectivity index (χ4v) is 4.16. The van der Waals surface area contributed by atoms with Gasteiger partial charge in [0.15, 0.2) is 16.6 Å². The fraction of sp³-hybridized carbons (Fsp3) is 0.304. The number of rotatable bonds is 8. The molecule has 1 atom stereocenters. The van der Waals surface area contributed by atoms with Crippen molar-refractivity contribution in [3.05, 3.63) is 46.1 Å². The van der Waals surface area contributed by atoms with Crippen LogP contribution in [0.2, 0.25) is 5.02 Å². The third-order valence-corrected chi connectivity index (χ3v) is 5.77. The van der Waals surface area contributed by atoms with Crippen molar-refractivity contribution in [1.82, 2.24) is 10.6 Å². The molecule has 0 radical (unpaired) electrons. The van der Waals surface area contributed by atoms with Crippen molar-refractivity contribution in [2.75, 3.05) is 40.9 Å². The maximum absolute atomic E-state index is 13.5. The predicted octanol–water partition coefficient (Wildman–Crippen LogP) is 3.81. The Bertz CT molecular complexity index is 1130. The van der Waals surface area contributed by atoms with E-state index in [0.717, 1.165) is 0 Å². The SMILES string of the molecule is COc1cc(NC(=O)C2=C(C)NC(=S)NC2c2cc(OC)c(OC)c(OC)c2)c(OC)cc1Cl. The van der Waals surface area contributed by atoms with Crippen LogP contribution in [0.4, 0.5) is 5.69 Å². The topological polar surface area (TPSA) is 99.3 Å². The Morgan fingerprint density at radius 3 is 2.03 bits per heavy atom. The Morgan fingerprint density at radius 2 is 1.50 bits per heavy atom. The van der Waals surface area contributed by atoms with Gasteiger partial charge in [0.25, 0.3) is 5.91 Å². The van der Waals surface area contributed by atoms with Crippen molar-refractivity contribution >= 4 is 40.5 Å². The second-order valence-electron chi connectivity index (χ2n) is 7.17. The van der Waals surface area contributed by atoms with Crippen molar-refractivity contribution in [2.45, 2.75) is 13.0 Å². The van der Waals surface area contributed by atoms with Gasteiger partial charge in [-0.25, -0.2) is 0 Å². The molecule has 3 N–H and O–H groups in total. The molecule has 11 heteroatoms. The number of ether oxygens (including phenoxy) is 5. The molecule has 0 spiro atoms. The van der Waals surface area contributed by atoms with Gasteiger partial charge in [0, 0.05) is 17.8 Å². The zero-order valence-corrected chi connectivity index (χ0v) is 21.2. The Balaban J connectivity index is 2.07. The number of benzene rings is 2. The van der Waals surface area contributed by atoms with Crippen LogP contribution in [-0.4, -0.2) is 46.6 Å². The third kappa shape index (κ3) is 4.92. The van der Waals surface area contributed by atoms with Gasteiger partial charge in [0.2, 0.25) is 5.75 Å². The zero-order valence-electron chi connectivity index (χ0n) is 19.6. The molecule has 9 nitrogen and oxygen atoms in total. The molecule has 0 bridgehead atoms. The summed E-state index contributed by atoms with van der Waals surface area (Å²) < 4.78 is 27.0. The monoisotopic (exact) mass is 507 g/mol. The molecule has 0 aromatic heterocycles. The summed E-state index contributed by atoms with van der Waals surface area (Å²) in [5.74, 6) is 1.73. The largest absolute Gasteiger partial charge is 0.495 e. The normalized spacial score (nSPS) is 15.1. The van der Waals surface area contributed by atoms with Crippen LogP contribution < -0.4 is 39.6 Å². The molecule has 2 aromatic carbocycles. The number of hydrogen-bond donors (Lipinski definition) is 3. The molecule has 1 heterocycles. The Morgan fingerprint density at radius 1 is 0.912 bits per heavy atom. The summed E-state index contributed by atoms with van der Waals surface area (Å²) in [6.07, 6.45) is 0. The summed E-state index contributed by atoms with van der Waals surface area (Å²) in [5.41, 5.74) is 2.06. The molecule has 0 aliphatic carbocycles. The molecule has 0 saturated heterocycles. The van der Waals surface area contributed by atoms with Gasteiger partial charge in [-0.1, -0.05) is 11.6 Å².